The van der Waals surface area contributed by atoms with Crippen LogP contribution in [0.25, 0.3) is 11.4 Å². The molecular weight excluding hydrogens is 427 g/mol. The van der Waals surface area contributed by atoms with Gasteiger partial charge in [-0.15, -0.1) is 24.8 Å². The van der Waals surface area contributed by atoms with Crippen LogP contribution >= 0.6 is 36.4 Å². The lowest BCUT2D eigenvalue weighted by molar-refractivity contribution is 0.170. The molecule has 0 unspecified atom stereocenters. The molecule has 29 heavy (non-hydrogen) atoms. The van der Waals surface area contributed by atoms with Crippen LogP contribution in [-0.4, -0.2) is 27.1 Å². The van der Waals surface area contributed by atoms with E-state index in [9.17, 15) is 0 Å². The summed E-state index contributed by atoms with van der Waals surface area (Å²) in [5, 5.41) is 8.15. The zero-order chi connectivity index (χ0) is 19.8. The maximum atomic E-state index is 6.04. The summed E-state index contributed by atoms with van der Waals surface area (Å²) < 4.78 is 0. The normalized spacial score (nSPS) is 17.9. The Kier molecular flexibility index (Phi) is 8.80. The number of halogens is 3. The van der Waals surface area contributed by atoms with Gasteiger partial charge in [-0.05, 0) is 70.7 Å². The SMILES string of the molecule is CC(C)c1cc(NC2CC(C)(C)NC(C)(C)C2)nc(-c2ccc(Cl)cc2)n1.Cl.Cl. The molecule has 3 rings (SSSR count). The third-order valence-electron chi connectivity index (χ3n) is 4.98. The van der Waals surface area contributed by atoms with E-state index in [4.69, 9.17) is 21.6 Å². The van der Waals surface area contributed by atoms with Crippen molar-refractivity contribution in [3.05, 3.63) is 41.0 Å². The zero-order valence-corrected chi connectivity index (χ0v) is 20.4. The molecule has 162 valence electrons. The Labute approximate surface area is 192 Å². The number of anilines is 1. The highest BCUT2D eigenvalue weighted by atomic mass is 35.5. The molecule has 0 atom stereocenters. The Hall–Kier alpha value is -1.07. The number of piperidine rings is 1. The van der Waals surface area contributed by atoms with Crippen molar-refractivity contribution in [3.63, 3.8) is 0 Å². The minimum atomic E-state index is 0. The highest BCUT2D eigenvalue weighted by molar-refractivity contribution is 6.30. The first-order valence-corrected chi connectivity index (χ1v) is 10.1. The van der Waals surface area contributed by atoms with E-state index in [0.717, 1.165) is 40.8 Å². The minimum absolute atomic E-state index is 0. The largest absolute Gasteiger partial charge is 0.367 e. The molecule has 1 aromatic heterocycles. The molecule has 2 N–H and O–H groups in total. The van der Waals surface area contributed by atoms with Gasteiger partial charge < -0.3 is 10.6 Å². The molecule has 0 bridgehead atoms. The van der Waals surface area contributed by atoms with Crippen molar-refractivity contribution in [1.29, 1.82) is 0 Å². The summed E-state index contributed by atoms with van der Waals surface area (Å²) >= 11 is 6.04. The number of rotatable bonds is 4. The molecule has 2 aromatic rings. The van der Waals surface area contributed by atoms with Gasteiger partial charge in [-0.2, -0.15) is 0 Å². The molecule has 7 heteroatoms. The Balaban J connectivity index is 0.00000210. The van der Waals surface area contributed by atoms with Gasteiger partial charge in [-0.25, -0.2) is 9.97 Å². The molecule has 0 aliphatic carbocycles. The van der Waals surface area contributed by atoms with Crippen LogP contribution < -0.4 is 10.6 Å². The molecule has 0 spiro atoms. The second kappa shape index (κ2) is 9.82. The number of hydrogen-bond donors (Lipinski definition) is 2. The van der Waals surface area contributed by atoms with E-state index in [1.807, 2.05) is 24.3 Å². The first-order chi connectivity index (χ1) is 12.5. The summed E-state index contributed by atoms with van der Waals surface area (Å²) in [6, 6.07) is 10.2. The van der Waals surface area contributed by atoms with E-state index in [1.54, 1.807) is 0 Å². The fraction of sp³-hybridized carbons (Fsp3) is 0.545. The Morgan fingerprint density at radius 3 is 2.07 bits per heavy atom. The average Bonchev–Trinajstić information content (AvgIpc) is 2.52. The minimum Gasteiger partial charge on any atom is -0.367 e. The summed E-state index contributed by atoms with van der Waals surface area (Å²) in [4.78, 5) is 9.60. The molecule has 1 aliphatic rings. The van der Waals surface area contributed by atoms with Gasteiger partial charge in [0, 0.05) is 39.5 Å². The van der Waals surface area contributed by atoms with Gasteiger partial charge in [0.05, 0.1) is 0 Å². The lowest BCUT2D eigenvalue weighted by Crippen LogP contribution is -2.60. The predicted octanol–water partition coefficient (Wildman–Crippen LogP) is 6.49. The molecule has 0 saturated carbocycles. The van der Waals surface area contributed by atoms with E-state index in [2.05, 4.69) is 58.2 Å². The topological polar surface area (TPSA) is 49.8 Å². The summed E-state index contributed by atoms with van der Waals surface area (Å²) in [5.41, 5.74) is 2.21. The van der Waals surface area contributed by atoms with Gasteiger partial charge in [-0.1, -0.05) is 25.4 Å². The van der Waals surface area contributed by atoms with E-state index >= 15 is 0 Å². The van der Waals surface area contributed by atoms with Gasteiger partial charge in [-0.3, -0.25) is 0 Å². The first-order valence-electron chi connectivity index (χ1n) is 9.74. The standard InChI is InChI=1S/C22H31ClN4.2ClH/c1-14(2)18-11-19(24-17-12-21(3,4)27-22(5,6)13-17)26-20(25-18)15-7-9-16(23)10-8-15;;/h7-11,14,17,27H,12-13H2,1-6H3,(H,24,25,26);2*1H. The highest BCUT2D eigenvalue weighted by Gasteiger charge is 2.37. The van der Waals surface area contributed by atoms with E-state index in [-0.39, 0.29) is 35.9 Å². The Morgan fingerprint density at radius 2 is 1.55 bits per heavy atom. The van der Waals surface area contributed by atoms with Gasteiger partial charge in [0.25, 0.3) is 0 Å². The van der Waals surface area contributed by atoms with E-state index < -0.39 is 0 Å². The number of nitrogens with one attached hydrogen (secondary N) is 2. The van der Waals surface area contributed by atoms with E-state index in [0.29, 0.717) is 12.0 Å². The molecule has 1 aromatic carbocycles. The third kappa shape index (κ3) is 6.99. The maximum Gasteiger partial charge on any atom is 0.161 e. The van der Waals surface area contributed by atoms with Crippen LogP contribution in [0, 0.1) is 0 Å². The van der Waals surface area contributed by atoms with Crippen LogP contribution in [-0.2, 0) is 0 Å². The second-order valence-electron chi connectivity index (χ2n) is 9.31. The first kappa shape index (κ1) is 26.0. The van der Waals surface area contributed by atoms with Crippen molar-refractivity contribution >= 4 is 42.2 Å². The number of hydrogen-bond acceptors (Lipinski definition) is 4. The van der Waals surface area contributed by atoms with Gasteiger partial charge >= 0.3 is 0 Å². The molecular formula is C22H33Cl3N4. The van der Waals surface area contributed by atoms with Crippen molar-refractivity contribution in [2.45, 2.75) is 77.4 Å². The Bertz CT molecular complexity index is 788. The van der Waals surface area contributed by atoms with Crippen LogP contribution in [0.3, 0.4) is 0 Å². The van der Waals surface area contributed by atoms with Crippen LogP contribution in [0.15, 0.2) is 30.3 Å². The molecule has 0 radical (unpaired) electrons. The number of nitrogens with zero attached hydrogens (tertiary/aromatic N) is 2. The molecule has 0 amide bonds. The third-order valence-corrected chi connectivity index (χ3v) is 5.23. The second-order valence-corrected chi connectivity index (χ2v) is 9.74. The predicted molar refractivity (Wildman–Crippen MR) is 129 cm³/mol. The van der Waals surface area contributed by atoms with E-state index in [1.165, 1.54) is 0 Å². The summed E-state index contributed by atoms with van der Waals surface area (Å²) in [6.45, 7) is 13.4. The van der Waals surface area contributed by atoms with Crippen molar-refractivity contribution in [1.82, 2.24) is 15.3 Å². The van der Waals surface area contributed by atoms with Crippen molar-refractivity contribution in [2.75, 3.05) is 5.32 Å². The monoisotopic (exact) mass is 458 g/mol. The van der Waals surface area contributed by atoms with Gasteiger partial charge in [0.2, 0.25) is 0 Å². The average molecular weight is 460 g/mol. The van der Waals surface area contributed by atoms with Crippen LogP contribution in [0.4, 0.5) is 5.82 Å². The summed E-state index contributed by atoms with van der Waals surface area (Å²) in [5.74, 6) is 1.98. The zero-order valence-electron chi connectivity index (χ0n) is 18.0. The highest BCUT2D eigenvalue weighted by Crippen LogP contribution is 2.31. The molecule has 4 nitrogen and oxygen atoms in total. The van der Waals surface area contributed by atoms with Crippen molar-refractivity contribution in [2.24, 2.45) is 0 Å². The Morgan fingerprint density at radius 1 is 1.00 bits per heavy atom. The molecule has 1 fully saturated rings. The lowest BCUT2D eigenvalue weighted by atomic mass is 9.79. The number of aromatic nitrogens is 2. The van der Waals surface area contributed by atoms with Gasteiger partial charge in [0.15, 0.2) is 5.82 Å². The fourth-order valence-corrected chi connectivity index (χ4v) is 4.32. The quantitative estimate of drug-likeness (QED) is 0.549. The summed E-state index contributed by atoms with van der Waals surface area (Å²) in [6.07, 6.45) is 2.10. The summed E-state index contributed by atoms with van der Waals surface area (Å²) in [7, 11) is 0. The maximum absolute atomic E-state index is 6.04. The molecule has 2 heterocycles. The van der Waals surface area contributed by atoms with Crippen molar-refractivity contribution in [3.8, 4) is 11.4 Å². The smallest absolute Gasteiger partial charge is 0.161 e. The van der Waals surface area contributed by atoms with Crippen LogP contribution in [0.2, 0.25) is 5.02 Å². The van der Waals surface area contributed by atoms with Gasteiger partial charge in [0.1, 0.15) is 5.82 Å². The van der Waals surface area contributed by atoms with Crippen molar-refractivity contribution < 1.29 is 0 Å². The van der Waals surface area contributed by atoms with Crippen LogP contribution in [0.1, 0.15) is 66.0 Å². The molecule has 1 saturated heterocycles. The fourth-order valence-electron chi connectivity index (χ4n) is 4.20. The molecule has 1 aliphatic heterocycles. The van der Waals surface area contributed by atoms with Crippen LogP contribution in [0.5, 0.6) is 0 Å². The number of benzene rings is 1. The lowest BCUT2D eigenvalue weighted by Gasteiger charge is -2.46.